The summed E-state index contributed by atoms with van der Waals surface area (Å²) in [6.45, 7) is 4.88. The number of carbonyl (C=O) groups is 2. The molecule has 0 aliphatic carbocycles. The molecule has 3 N–H and O–H groups in total. The molecule has 1 atom stereocenters. The summed E-state index contributed by atoms with van der Waals surface area (Å²) in [5, 5.41) is 3.00. The molecular formula is C19H28N4O3. The minimum Gasteiger partial charge on any atom is -0.491 e. The van der Waals surface area contributed by atoms with E-state index in [9.17, 15) is 9.59 Å². The number of benzene rings is 1. The Morgan fingerprint density at radius 1 is 1.27 bits per heavy atom. The van der Waals surface area contributed by atoms with Gasteiger partial charge in [0.05, 0.1) is 19.0 Å². The Kier molecular flexibility index (Phi) is 6.33. The summed E-state index contributed by atoms with van der Waals surface area (Å²) in [6, 6.07) is 7.78. The second-order valence-electron chi connectivity index (χ2n) is 7.01. The van der Waals surface area contributed by atoms with Crippen LogP contribution in [0.25, 0.3) is 0 Å². The number of likely N-dealkylation sites (tertiary alicyclic amines) is 1. The van der Waals surface area contributed by atoms with Crippen LogP contribution in [-0.2, 0) is 11.3 Å². The summed E-state index contributed by atoms with van der Waals surface area (Å²) in [4.78, 5) is 27.8. The predicted molar refractivity (Wildman–Crippen MR) is 98.7 cm³/mol. The van der Waals surface area contributed by atoms with Gasteiger partial charge in [0.25, 0.3) is 0 Å². The monoisotopic (exact) mass is 360 g/mol. The number of amides is 3. The lowest BCUT2D eigenvalue weighted by Gasteiger charge is -2.31. The molecule has 2 aliphatic heterocycles. The average Bonchev–Trinajstić information content (AvgIpc) is 2.88. The number of hydrogen-bond acceptors (Lipinski definition) is 4. The van der Waals surface area contributed by atoms with Crippen molar-refractivity contribution >= 4 is 11.9 Å². The van der Waals surface area contributed by atoms with E-state index < -0.39 is 0 Å². The molecule has 7 nitrogen and oxygen atoms in total. The van der Waals surface area contributed by atoms with Crippen LogP contribution in [0.15, 0.2) is 24.3 Å². The number of hydrogen-bond donors (Lipinski definition) is 2. The van der Waals surface area contributed by atoms with Gasteiger partial charge in [-0.2, -0.15) is 0 Å². The van der Waals surface area contributed by atoms with Crippen molar-refractivity contribution in [1.82, 2.24) is 15.1 Å². The maximum absolute atomic E-state index is 12.4. The quantitative estimate of drug-likeness (QED) is 0.772. The van der Waals surface area contributed by atoms with Crippen LogP contribution in [-0.4, -0.2) is 61.1 Å². The highest BCUT2D eigenvalue weighted by molar-refractivity contribution is 5.77. The van der Waals surface area contributed by atoms with E-state index in [0.29, 0.717) is 26.2 Å². The van der Waals surface area contributed by atoms with Crippen molar-refractivity contribution in [1.29, 1.82) is 0 Å². The smallest absolute Gasteiger partial charge is 0.317 e. The fourth-order valence-electron chi connectivity index (χ4n) is 3.60. The van der Waals surface area contributed by atoms with Gasteiger partial charge in [0.1, 0.15) is 12.4 Å². The lowest BCUT2D eigenvalue weighted by Crippen LogP contribution is -2.43. The van der Waals surface area contributed by atoms with Gasteiger partial charge >= 0.3 is 6.03 Å². The predicted octanol–water partition coefficient (Wildman–Crippen LogP) is 1.18. The summed E-state index contributed by atoms with van der Waals surface area (Å²) in [5.74, 6) is 0.624. The zero-order chi connectivity index (χ0) is 18.4. The van der Waals surface area contributed by atoms with Crippen LogP contribution in [0.3, 0.4) is 0 Å². The number of carbonyl (C=O) groups excluding carboxylic acids is 2. The SMILES string of the molecule is NC(=O)[C@H]1CCCN(CCCNC(=O)N2CCOc3ccccc3C2)C1. The van der Waals surface area contributed by atoms with Gasteiger partial charge < -0.3 is 25.6 Å². The molecule has 0 aromatic heterocycles. The van der Waals surface area contributed by atoms with Crippen molar-refractivity contribution in [3.8, 4) is 5.75 Å². The van der Waals surface area contributed by atoms with Crippen molar-refractivity contribution < 1.29 is 14.3 Å². The van der Waals surface area contributed by atoms with Crippen LogP contribution in [0.5, 0.6) is 5.75 Å². The molecule has 2 heterocycles. The Labute approximate surface area is 154 Å². The first kappa shape index (κ1) is 18.5. The first-order valence-electron chi connectivity index (χ1n) is 9.38. The molecule has 0 unspecified atom stereocenters. The van der Waals surface area contributed by atoms with Gasteiger partial charge in [0.2, 0.25) is 5.91 Å². The number of nitrogens with one attached hydrogen (secondary N) is 1. The lowest BCUT2D eigenvalue weighted by molar-refractivity contribution is -0.123. The molecule has 1 aromatic rings. The number of ether oxygens (including phenoxy) is 1. The highest BCUT2D eigenvalue weighted by Crippen LogP contribution is 2.22. The molecule has 3 amide bonds. The number of rotatable bonds is 5. The number of piperidine rings is 1. The van der Waals surface area contributed by atoms with Crippen molar-refractivity contribution in [2.24, 2.45) is 11.7 Å². The van der Waals surface area contributed by atoms with Gasteiger partial charge in [-0.25, -0.2) is 4.79 Å². The zero-order valence-corrected chi connectivity index (χ0v) is 15.2. The number of nitrogens with zero attached hydrogens (tertiary/aromatic N) is 2. The average molecular weight is 360 g/mol. The molecule has 2 aliphatic rings. The number of para-hydroxylation sites is 1. The minimum atomic E-state index is -0.202. The Morgan fingerprint density at radius 2 is 2.12 bits per heavy atom. The fraction of sp³-hybridized carbons (Fsp3) is 0.579. The van der Waals surface area contributed by atoms with Gasteiger partial charge in [-0.15, -0.1) is 0 Å². The molecular weight excluding hydrogens is 332 g/mol. The molecule has 1 saturated heterocycles. The van der Waals surface area contributed by atoms with E-state index in [0.717, 1.165) is 50.2 Å². The van der Waals surface area contributed by atoms with Gasteiger partial charge in [0.15, 0.2) is 0 Å². The molecule has 7 heteroatoms. The fourth-order valence-corrected chi connectivity index (χ4v) is 3.60. The summed E-state index contributed by atoms with van der Waals surface area (Å²) < 4.78 is 5.70. The molecule has 26 heavy (non-hydrogen) atoms. The van der Waals surface area contributed by atoms with Crippen LogP contribution >= 0.6 is 0 Å². The van der Waals surface area contributed by atoms with E-state index >= 15 is 0 Å². The van der Waals surface area contributed by atoms with E-state index in [1.807, 2.05) is 24.3 Å². The topological polar surface area (TPSA) is 87.9 Å². The summed E-state index contributed by atoms with van der Waals surface area (Å²) in [6.07, 6.45) is 2.76. The molecule has 1 aromatic carbocycles. The number of primary amides is 1. The maximum Gasteiger partial charge on any atom is 0.317 e. The summed E-state index contributed by atoms with van der Waals surface area (Å²) in [5.41, 5.74) is 6.45. The van der Waals surface area contributed by atoms with E-state index in [-0.39, 0.29) is 17.9 Å². The Hall–Kier alpha value is -2.28. The molecule has 0 spiro atoms. The van der Waals surface area contributed by atoms with E-state index in [1.165, 1.54) is 0 Å². The highest BCUT2D eigenvalue weighted by atomic mass is 16.5. The van der Waals surface area contributed by atoms with E-state index in [2.05, 4.69) is 10.2 Å². The third-order valence-corrected chi connectivity index (χ3v) is 5.08. The summed E-state index contributed by atoms with van der Waals surface area (Å²) >= 11 is 0. The molecule has 0 saturated carbocycles. The number of fused-ring (bicyclic) bond motifs is 1. The normalized spacial score (nSPS) is 20.6. The highest BCUT2D eigenvalue weighted by Gasteiger charge is 2.23. The van der Waals surface area contributed by atoms with Gasteiger partial charge in [-0.1, -0.05) is 18.2 Å². The third-order valence-electron chi connectivity index (χ3n) is 5.08. The molecule has 1 fully saturated rings. The van der Waals surface area contributed by atoms with Crippen LogP contribution < -0.4 is 15.8 Å². The van der Waals surface area contributed by atoms with Gasteiger partial charge in [-0.05, 0) is 38.4 Å². The van der Waals surface area contributed by atoms with Crippen LogP contribution in [0, 0.1) is 5.92 Å². The van der Waals surface area contributed by atoms with Crippen molar-refractivity contribution in [2.75, 3.05) is 39.3 Å². The van der Waals surface area contributed by atoms with E-state index in [4.69, 9.17) is 10.5 Å². The Bertz CT molecular complexity index is 637. The standard InChI is InChI=1S/C19H28N4O3/c20-18(24)16-6-3-9-22(13-16)10-4-8-21-19(25)23-11-12-26-17-7-2-1-5-15(17)14-23/h1-2,5,7,16H,3-4,6,8-14H2,(H2,20,24)(H,21,25)/t16-/m0/s1. The molecule has 3 rings (SSSR count). The van der Waals surface area contributed by atoms with Crippen LogP contribution in [0.1, 0.15) is 24.8 Å². The molecule has 0 radical (unpaired) electrons. The Morgan fingerprint density at radius 3 is 2.96 bits per heavy atom. The first-order valence-corrected chi connectivity index (χ1v) is 9.38. The largest absolute Gasteiger partial charge is 0.491 e. The second kappa shape index (κ2) is 8.89. The number of urea groups is 1. The van der Waals surface area contributed by atoms with Crippen LogP contribution in [0.2, 0.25) is 0 Å². The van der Waals surface area contributed by atoms with Gasteiger partial charge in [-0.3, -0.25) is 4.79 Å². The zero-order valence-electron chi connectivity index (χ0n) is 15.2. The Balaban J connectivity index is 1.40. The third kappa shape index (κ3) is 4.88. The van der Waals surface area contributed by atoms with E-state index in [1.54, 1.807) is 4.90 Å². The maximum atomic E-state index is 12.4. The molecule has 0 bridgehead atoms. The number of nitrogens with two attached hydrogens (primary N) is 1. The minimum absolute atomic E-state index is 0.0319. The summed E-state index contributed by atoms with van der Waals surface area (Å²) in [7, 11) is 0. The van der Waals surface area contributed by atoms with Crippen molar-refractivity contribution in [2.45, 2.75) is 25.8 Å². The van der Waals surface area contributed by atoms with Gasteiger partial charge in [0, 0.05) is 18.7 Å². The lowest BCUT2D eigenvalue weighted by atomic mass is 9.97. The molecule has 142 valence electrons. The van der Waals surface area contributed by atoms with Crippen molar-refractivity contribution in [3.05, 3.63) is 29.8 Å². The first-order chi connectivity index (χ1) is 12.6. The second-order valence-corrected chi connectivity index (χ2v) is 7.01. The van der Waals surface area contributed by atoms with Crippen LogP contribution in [0.4, 0.5) is 4.79 Å². The van der Waals surface area contributed by atoms with Crippen molar-refractivity contribution in [3.63, 3.8) is 0 Å².